The molecule has 2 aromatic carbocycles. The fourth-order valence-corrected chi connectivity index (χ4v) is 3.50. The van der Waals surface area contributed by atoms with E-state index < -0.39 is 0 Å². The molecule has 1 nitrogen and oxygen atoms in total. The fourth-order valence-electron chi connectivity index (χ4n) is 3.50. The van der Waals surface area contributed by atoms with Crippen LogP contribution < -0.4 is 0 Å². The van der Waals surface area contributed by atoms with Gasteiger partial charge in [-0.05, 0) is 24.0 Å². The van der Waals surface area contributed by atoms with Crippen molar-refractivity contribution in [3.8, 4) is 0 Å². The lowest BCUT2D eigenvalue weighted by Gasteiger charge is -2.23. The highest BCUT2D eigenvalue weighted by Gasteiger charge is 2.28. The topological polar surface area (TPSA) is 17.1 Å². The fraction of sp³-hybridized carbons (Fsp3) is 0.318. The SMILES string of the molecule is O=C1CCCCC[C@H]1[C@H](/C=C/c1ccccc1)c1ccccc1. The van der Waals surface area contributed by atoms with Crippen molar-refractivity contribution in [2.75, 3.05) is 0 Å². The minimum atomic E-state index is 0.125. The second-order valence-electron chi connectivity index (χ2n) is 6.38. The number of Topliss-reactive ketones (excluding diaryl/α,β-unsaturated/α-hetero) is 1. The zero-order valence-corrected chi connectivity index (χ0v) is 13.5. The minimum Gasteiger partial charge on any atom is -0.299 e. The van der Waals surface area contributed by atoms with Crippen molar-refractivity contribution in [1.82, 2.24) is 0 Å². The summed E-state index contributed by atoms with van der Waals surface area (Å²) in [5.41, 5.74) is 2.44. The normalized spacial score (nSPS) is 20.3. The summed E-state index contributed by atoms with van der Waals surface area (Å²) in [6.45, 7) is 0. The number of hydrogen-bond acceptors (Lipinski definition) is 1. The molecule has 1 aliphatic carbocycles. The van der Waals surface area contributed by atoms with Crippen LogP contribution in [0, 0.1) is 5.92 Å². The van der Waals surface area contributed by atoms with Gasteiger partial charge >= 0.3 is 0 Å². The highest BCUT2D eigenvalue weighted by molar-refractivity contribution is 5.82. The number of carbonyl (C=O) groups is 1. The summed E-state index contributed by atoms with van der Waals surface area (Å²) in [6, 6.07) is 20.8. The van der Waals surface area contributed by atoms with Crippen molar-refractivity contribution in [1.29, 1.82) is 0 Å². The quantitative estimate of drug-likeness (QED) is 0.669. The van der Waals surface area contributed by atoms with E-state index in [1.165, 1.54) is 24.0 Å². The molecule has 23 heavy (non-hydrogen) atoms. The molecule has 0 radical (unpaired) electrons. The summed E-state index contributed by atoms with van der Waals surface area (Å²) in [4.78, 5) is 12.6. The average Bonchev–Trinajstić information content (AvgIpc) is 2.82. The predicted molar refractivity (Wildman–Crippen MR) is 96.2 cm³/mol. The van der Waals surface area contributed by atoms with E-state index >= 15 is 0 Å². The lowest BCUT2D eigenvalue weighted by Crippen LogP contribution is -2.20. The van der Waals surface area contributed by atoms with Crippen LogP contribution >= 0.6 is 0 Å². The Labute approximate surface area is 139 Å². The van der Waals surface area contributed by atoms with Crippen LogP contribution in [-0.4, -0.2) is 5.78 Å². The van der Waals surface area contributed by atoms with E-state index in [1.54, 1.807) is 0 Å². The average molecular weight is 304 g/mol. The molecule has 1 aliphatic rings. The molecule has 0 aliphatic heterocycles. The zero-order chi connectivity index (χ0) is 15.9. The highest BCUT2D eigenvalue weighted by Crippen LogP contribution is 2.34. The van der Waals surface area contributed by atoms with E-state index in [9.17, 15) is 4.79 Å². The van der Waals surface area contributed by atoms with Crippen molar-refractivity contribution < 1.29 is 4.79 Å². The number of rotatable bonds is 4. The molecule has 0 N–H and O–H groups in total. The molecule has 1 heteroatoms. The Balaban J connectivity index is 1.90. The second kappa shape index (κ2) is 7.92. The Kier molecular flexibility index (Phi) is 5.42. The zero-order valence-electron chi connectivity index (χ0n) is 13.5. The van der Waals surface area contributed by atoms with E-state index in [-0.39, 0.29) is 11.8 Å². The standard InChI is InChI=1S/C22H24O/c23-22-15-9-3-8-14-21(22)20(19-12-6-2-7-13-19)17-16-18-10-4-1-5-11-18/h1-2,4-7,10-13,16-17,20-21H,3,8-9,14-15H2/b17-16+/t20-,21+/m1/s1. The maximum Gasteiger partial charge on any atom is 0.136 e. The van der Waals surface area contributed by atoms with E-state index in [1.807, 2.05) is 24.3 Å². The lowest BCUT2D eigenvalue weighted by molar-refractivity contribution is -0.123. The van der Waals surface area contributed by atoms with Gasteiger partial charge in [0.15, 0.2) is 0 Å². The van der Waals surface area contributed by atoms with Gasteiger partial charge in [-0.2, -0.15) is 0 Å². The maximum absolute atomic E-state index is 12.6. The van der Waals surface area contributed by atoms with Gasteiger partial charge in [0.25, 0.3) is 0 Å². The molecule has 0 unspecified atom stereocenters. The summed E-state index contributed by atoms with van der Waals surface area (Å²) in [6.07, 6.45) is 9.56. The number of hydrogen-bond donors (Lipinski definition) is 0. The van der Waals surface area contributed by atoms with Crippen LogP contribution in [0.4, 0.5) is 0 Å². The van der Waals surface area contributed by atoms with Crippen LogP contribution in [0.15, 0.2) is 66.7 Å². The van der Waals surface area contributed by atoms with Crippen LogP contribution in [0.3, 0.4) is 0 Å². The molecule has 1 saturated carbocycles. The Morgan fingerprint density at radius 3 is 2.30 bits per heavy atom. The third-order valence-electron chi connectivity index (χ3n) is 4.77. The van der Waals surface area contributed by atoms with Gasteiger partial charge < -0.3 is 0 Å². The smallest absolute Gasteiger partial charge is 0.136 e. The molecule has 0 aromatic heterocycles. The summed E-state index contributed by atoms with van der Waals surface area (Å²) in [5, 5.41) is 0. The van der Waals surface area contributed by atoms with Gasteiger partial charge in [-0.3, -0.25) is 4.79 Å². The van der Waals surface area contributed by atoms with E-state index in [4.69, 9.17) is 0 Å². The van der Waals surface area contributed by atoms with Crippen LogP contribution in [0.5, 0.6) is 0 Å². The summed E-state index contributed by atoms with van der Waals surface area (Å²) >= 11 is 0. The minimum absolute atomic E-state index is 0.125. The number of carbonyl (C=O) groups excluding carboxylic acids is 1. The van der Waals surface area contributed by atoms with Crippen molar-refractivity contribution in [2.45, 2.75) is 38.0 Å². The first kappa shape index (κ1) is 15.7. The summed E-state index contributed by atoms with van der Waals surface area (Å²) < 4.78 is 0. The Morgan fingerprint density at radius 2 is 1.57 bits per heavy atom. The molecule has 2 atom stereocenters. The number of allylic oxidation sites excluding steroid dienone is 1. The Hall–Kier alpha value is -2.15. The van der Waals surface area contributed by atoms with Gasteiger partial charge in [0.1, 0.15) is 5.78 Å². The van der Waals surface area contributed by atoms with E-state index in [0.717, 1.165) is 19.3 Å². The predicted octanol–water partition coefficient (Wildman–Crippen LogP) is 5.63. The third-order valence-corrected chi connectivity index (χ3v) is 4.77. The first-order chi connectivity index (χ1) is 11.3. The van der Waals surface area contributed by atoms with Gasteiger partial charge in [0.2, 0.25) is 0 Å². The van der Waals surface area contributed by atoms with Crippen molar-refractivity contribution in [2.24, 2.45) is 5.92 Å². The Morgan fingerprint density at radius 1 is 0.870 bits per heavy atom. The summed E-state index contributed by atoms with van der Waals surface area (Å²) in [5.74, 6) is 0.746. The van der Waals surface area contributed by atoms with Gasteiger partial charge in [-0.1, -0.05) is 85.7 Å². The molecule has 0 bridgehead atoms. The molecular weight excluding hydrogens is 280 g/mol. The first-order valence-corrected chi connectivity index (χ1v) is 8.65. The van der Waals surface area contributed by atoms with Crippen molar-refractivity contribution in [3.63, 3.8) is 0 Å². The molecule has 0 spiro atoms. The third kappa shape index (κ3) is 4.19. The number of benzene rings is 2. The van der Waals surface area contributed by atoms with Crippen molar-refractivity contribution >= 4 is 11.9 Å². The van der Waals surface area contributed by atoms with Crippen LogP contribution in [0.1, 0.15) is 49.1 Å². The molecule has 0 saturated heterocycles. The molecule has 2 aromatic rings. The van der Waals surface area contributed by atoms with Gasteiger partial charge in [-0.25, -0.2) is 0 Å². The molecular formula is C22H24O. The summed E-state index contributed by atoms with van der Waals surface area (Å²) in [7, 11) is 0. The van der Waals surface area contributed by atoms with Gasteiger partial charge in [-0.15, -0.1) is 0 Å². The highest BCUT2D eigenvalue weighted by atomic mass is 16.1. The van der Waals surface area contributed by atoms with E-state index in [2.05, 4.69) is 48.6 Å². The van der Waals surface area contributed by atoms with Crippen LogP contribution in [-0.2, 0) is 4.79 Å². The lowest BCUT2D eigenvalue weighted by atomic mass is 9.80. The molecule has 0 heterocycles. The molecule has 3 rings (SSSR count). The molecule has 118 valence electrons. The Bertz CT molecular complexity index is 642. The maximum atomic E-state index is 12.6. The molecule has 1 fully saturated rings. The van der Waals surface area contributed by atoms with Crippen LogP contribution in [0.2, 0.25) is 0 Å². The first-order valence-electron chi connectivity index (χ1n) is 8.65. The van der Waals surface area contributed by atoms with Crippen molar-refractivity contribution in [3.05, 3.63) is 77.9 Å². The second-order valence-corrected chi connectivity index (χ2v) is 6.38. The van der Waals surface area contributed by atoms with Gasteiger partial charge in [0, 0.05) is 18.3 Å². The van der Waals surface area contributed by atoms with E-state index in [0.29, 0.717) is 5.78 Å². The van der Waals surface area contributed by atoms with Crippen LogP contribution in [0.25, 0.3) is 6.08 Å². The monoisotopic (exact) mass is 304 g/mol. The van der Waals surface area contributed by atoms with Gasteiger partial charge in [0.05, 0.1) is 0 Å². The molecule has 0 amide bonds. The largest absolute Gasteiger partial charge is 0.299 e. The number of ketones is 1.